The van der Waals surface area contributed by atoms with Gasteiger partial charge >= 0.3 is 16.5 Å². The van der Waals surface area contributed by atoms with E-state index in [2.05, 4.69) is 18.9 Å². The normalized spacial score (nSPS) is 8.14. The maximum Gasteiger partial charge on any atom is 0.558 e. The minimum absolute atomic E-state index is 0.0632. The van der Waals surface area contributed by atoms with Crippen molar-refractivity contribution in [1.29, 1.82) is 0 Å². The number of halogens is 1. The van der Waals surface area contributed by atoms with Crippen LogP contribution < -0.4 is 3.89 Å². The van der Waals surface area contributed by atoms with Crippen LogP contribution in [0.15, 0.2) is 22.8 Å². The lowest BCUT2D eigenvalue weighted by molar-refractivity contribution is 0.602. The maximum atomic E-state index is 5.04. The molecule has 7 heavy (non-hydrogen) atoms. The summed E-state index contributed by atoms with van der Waals surface area (Å²) >= 11 is 2.33. The molecule has 1 heterocycles. The highest BCUT2D eigenvalue weighted by atomic mass is 127. The first-order valence-electron chi connectivity index (χ1n) is 2.02. The second-order valence-electron chi connectivity index (χ2n) is 1.21. The number of hydrogen-bond acceptors (Lipinski definition) is 1. The summed E-state index contributed by atoms with van der Waals surface area (Å²) in [5, 5.41) is 0. The van der Waals surface area contributed by atoms with Crippen molar-refractivity contribution >= 4 is 39.2 Å². The van der Waals surface area contributed by atoms with Gasteiger partial charge in [0.25, 0.3) is 0 Å². The fraction of sp³-hybridized carbons (Fsp3) is 0. The minimum atomic E-state index is -0.0632. The Labute approximate surface area is 61.6 Å². The van der Waals surface area contributed by atoms with Crippen molar-refractivity contribution in [2.75, 3.05) is 0 Å². The average molecular weight is 218 g/mol. The molecule has 0 aliphatic rings. The largest absolute Gasteiger partial charge is 0.558 e. The third-order valence-electron chi connectivity index (χ3n) is 0.712. The summed E-state index contributed by atoms with van der Waals surface area (Å²) in [7, 11) is 0. The molecule has 1 rings (SSSR count). The van der Waals surface area contributed by atoms with Gasteiger partial charge in [0.2, 0.25) is 0 Å². The molecule has 1 aromatic heterocycles. The zero-order chi connectivity index (χ0) is 5.11. The Balaban J connectivity index is 2.76. The van der Waals surface area contributed by atoms with E-state index in [1.165, 1.54) is 3.89 Å². The van der Waals surface area contributed by atoms with Gasteiger partial charge in [-0.25, -0.2) is 0 Å². The fourth-order valence-corrected chi connectivity index (χ4v) is 2.08. The van der Waals surface area contributed by atoms with E-state index in [0.717, 1.165) is 0 Å². The van der Waals surface area contributed by atoms with Crippen LogP contribution in [0.3, 0.4) is 0 Å². The summed E-state index contributed by atoms with van der Waals surface area (Å²) in [6.45, 7) is 0. The van der Waals surface area contributed by atoms with Crippen molar-refractivity contribution in [3.63, 3.8) is 0 Å². The van der Waals surface area contributed by atoms with Gasteiger partial charge in [0.05, 0.1) is 6.26 Å². The molecule has 1 aromatic rings. The lowest BCUT2D eigenvalue weighted by atomic mass is 10.7. The predicted octanol–water partition coefficient (Wildman–Crippen LogP) is 0.959. The number of hydrogen-bond donors (Lipinski definition) is 0. The van der Waals surface area contributed by atoms with E-state index in [-0.39, 0.29) is 16.5 Å². The highest BCUT2D eigenvalue weighted by molar-refractivity contribution is 14.1. The van der Waals surface area contributed by atoms with Crippen molar-refractivity contribution in [2.24, 2.45) is 0 Å². The standard InChI is InChI=1S/C4H3O.HI.Mg/c1-2-4-5-3-1;;/h1-3H;1H;/q;;+1/p-1. The summed E-state index contributed by atoms with van der Waals surface area (Å²) < 4.78 is 6.22. The number of rotatable bonds is 1. The third kappa shape index (κ3) is 1.62. The molecule has 3 heteroatoms. The zero-order valence-electron chi connectivity index (χ0n) is 3.73. The Morgan fingerprint density at radius 2 is 2.57 bits per heavy atom. The van der Waals surface area contributed by atoms with Gasteiger partial charge in [0, 0.05) is 0 Å². The van der Waals surface area contributed by atoms with Crippen LogP contribution >= 0.6 is 18.9 Å². The Morgan fingerprint density at radius 3 is 2.86 bits per heavy atom. The van der Waals surface area contributed by atoms with Crippen LogP contribution in [0.25, 0.3) is 0 Å². The molecule has 0 aromatic carbocycles. The van der Waals surface area contributed by atoms with Gasteiger partial charge < -0.3 is 4.42 Å². The van der Waals surface area contributed by atoms with Crippen molar-refractivity contribution < 1.29 is 4.42 Å². The van der Waals surface area contributed by atoms with Crippen molar-refractivity contribution in [3.05, 3.63) is 18.4 Å². The van der Waals surface area contributed by atoms with E-state index < -0.39 is 0 Å². The summed E-state index contributed by atoms with van der Waals surface area (Å²) in [6, 6.07) is 3.96. The predicted molar refractivity (Wildman–Crippen MR) is 38.1 cm³/mol. The summed E-state index contributed by atoms with van der Waals surface area (Å²) in [4.78, 5) is 0. The summed E-state index contributed by atoms with van der Waals surface area (Å²) in [6.07, 6.45) is 1.72. The molecular weight excluding hydrogens is 215 g/mol. The Hall–Kier alpha value is 0.776. The van der Waals surface area contributed by atoms with Crippen LogP contribution in [-0.2, 0) is 0 Å². The van der Waals surface area contributed by atoms with Gasteiger partial charge in [0.1, 0.15) is 0 Å². The van der Waals surface area contributed by atoms with Gasteiger partial charge in [0.15, 0.2) is 0 Å². The molecule has 34 valence electrons. The van der Waals surface area contributed by atoms with Gasteiger partial charge in [-0.05, 0) is 9.96 Å². The first-order valence-corrected chi connectivity index (χ1v) is 7.83. The van der Waals surface area contributed by atoms with Gasteiger partial charge in [-0.1, -0.05) is 6.07 Å². The van der Waals surface area contributed by atoms with Gasteiger partial charge in [-0.15, -0.1) is 0 Å². The van der Waals surface area contributed by atoms with E-state index in [0.29, 0.717) is 0 Å². The molecule has 0 spiro atoms. The molecule has 0 fully saturated rings. The van der Waals surface area contributed by atoms with Crippen LogP contribution in [0.5, 0.6) is 0 Å². The highest BCUT2D eigenvalue weighted by Crippen LogP contribution is 1.83. The van der Waals surface area contributed by atoms with E-state index in [1.54, 1.807) is 6.26 Å². The molecule has 1 nitrogen and oxygen atoms in total. The average Bonchev–Trinajstić information content (AvgIpc) is 2.14. The molecule has 0 bridgehead atoms. The Bertz CT molecular complexity index is 126. The molecule has 0 amide bonds. The molecule has 0 radical (unpaired) electrons. The zero-order valence-corrected chi connectivity index (χ0v) is 7.30. The summed E-state index contributed by atoms with van der Waals surface area (Å²) in [5.41, 5.74) is 0. The highest BCUT2D eigenvalue weighted by Gasteiger charge is 1.93. The van der Waals surface area contributed by atoms with E-state index >= 15 is 0 Å². The minimum Gasteiger partial charge on any atom is -0.500 e. The monoisotopic (exact) mass is 218 g/mol. The molecule has 0 unspecified atom stereocenters. The molecular formula is C4H3IMgO. The fourth-order valence-electron chi connectivity index (χ4n) is 0.389. The second-order valence-corrected chi connectivity index (χ2v) is 4.47. The lowest BCUT2D eigenvalue weighted by Crippen LogP contribution is -2.01. The first-order chi connectivity index (χ1) is 3.43. The summed E-state index contributed by atoms with van der Waals surface area (Å²) in [5.74, 6) is 0. The molecule has 0 atom stereocenters. The van der Waals surface area contributed by atoms with Crippen LogP contribution in [0.4, 0.5) is 0 Å². The van der Waals surface area contributed by atoms with Gasteiger partial charge in [-0.3, -0.25) is 18.9 Å². The van der Waals surface area contributed by atoms with Crippen LogP contribution in [0, 0.1) is 0 Å². The van der Waals surface area contributed by atoms with Crippen molar-refractivity contribution in [1.82, 2.24) is 0 Å². The maximum absolute atomic E-state index is 5.04. The van der Waals surface area contributed by atoms with Crippen molar-refractivity contribution in [3.8, 4) is 0 Å². The van der Waals surface area contributed by atoms with Crippen LogP contribution in [0.2, 0.25) is 0 Å². The van der Waals surface area contributed by atoms with E-state index in [4.69, 9.17) is 4.42 Å². The SMILES string of the molecule is [I][Mg][c]1ccco1. The Morgan fingerprint density at radius 1 is 1.71 bits per heavy atom. The molecule has 0 aliphatic carbocycles. The van der Waals surface area contributed by atoms with Gasteiger partial charge in [-0.2, -0.15) is 0 Å². The molecule has 0 aliphatic heterocycles. The van der Waals surface area contributed by atoms with Crippen molar-refractivity contribution in [2.45, 2.75) is 0 Å². The molecule has 0 N–H and O–H groups in total. The van der Waals surface area contributed by atoms with Crippen LogP contribution in [-0.4, -0.2) is 16.5 Å². The van der Waals surface area contributed by atoms with E-state index in [1.807, 2.05) is 12.1 Å². The van der Waals surface area contributed by atoms with E-state index in [9.17, 15) is 0 Å². The topological polar surface area (TPSA) is 13.1 Å². The smallest absolute Gasteiger partial charge is 0.500 e. The second kappa shape index (κ2) is 2.94. The number of furan rings is 1. The van der Waals surface area contributed by atoms with Crippen LogP contribution in [0.1, 0.15) is 0 Å². The first kappa shape index (κ1) is 5.90. The quantitative estimate of drug-likeness (QED) is 0.505. The molecule has 0 saturated carbocycles. The third-order valence-corrected chi connectivity index (χ3v) is 3.63. The molecule has 0 saturated heterocycles. The Kier molecular flexibility index (Phi) is 2.48. The lowest BCUT2D eigenvalue weighted by Gasteiger charge is -1.76.